The number of hydrogen-bond donors (Lipinski definition) is 0. The lowest BCUT2D eigenvalue weighted by molar-refractivity contribution is 0.413. The van der Waals surface area contributed by atoms with Crippen molar-refractivity contribution >= 4 is 11.4 Å². The van der Waals surface area contributed by atoms with E-state index in [0.29, 0.717) is 5.92 Å². The topological polar surface area (TPSA) is 21.6 Å². The lowest BCUT2D eigenvalue weighted by Gasteiger charge is -2.27. The summed E-state index contributed by atoms with van der Waals surface area (Å²) in [6.07, 6.45) is 3.83. The third-order valence-corrected chi connectivity index (χ3v) is 3.88. The van der Waals surface area contributed by atoms with Gasteiger partial charge in [0.1, 0.15) is 5.75 Å². The smallest absolute Gasteiger partial charge is 0.119 e. The molecule has 0 N–H and O–H groups in total. The second-order valence-corrected chi connectivity index (χ2v) is 5.19. The van der Waals surface area contributed by atoms with Crippen LogP contribution < -0.4 is 4.74 Å². The molecule has 2 aromatic rings. The largest absolute Gasteiger partial charge is 0.497 e. The molecule has 2 heteroatoms. The van der Waals surface area contributed by atoms with Crippen LogP contribution in [0.4, 0.5) is 5.69 Å². The minimum atomic E-state index is 0.611. The molecule has 0 heterocycles. The molecule has 1 saturated carbocycles. The number of hydrogen-bond acceptors (Lipinski definition) is 2. The van der Waals surface area contributed by atoms with Crippen molar-refractivity contribution in [2.24, 2.45) is 10.9 Å². The van der Waals surface area contributed by atoms with Gasteiger partial charge in [-0.2, -0.15) is 0 Å². The first kappa shape index (κ1) is 12.9. The molecule has 1 aliphatic rings. The Labute approximate surface area is 120 Å². The second kappa shape index (κ2) is 5.91. The van der Waals surface area contributed by atoms with Crippen LogP contribution in [0.25, 0.3) is 0 Å². The molecule has 0 aromatic heterocycles. The first-order valence-corrected chi connectivity index (χ1v) is 7.15. The maximum absolute atomic E-state index is 5.19. The highest BCUT2D eigenvalue weighted by Gasteiger charge is 2.24. The zero-order chi connectivity index (χ0) is 13.8. The standard InChI is InChI=1S/C18H19NO/c1-20-17-12-10-16(11-13-17)19-18(15-8-5-9-15)14-6-3-2-4-7-14/h2-4,6-7,10-13,15H,5,8-9H2,1H3. The van der Waals surface area contributed by atoms with E-state index < -0.39 is 0 Å². The minimum Gasteiger partial charge on any atom is -0.497 e. The van der Waals surface area contributed by atoms with E-state index in [2.05, 4.69) is 30.3 Å². The molecule has 2 aromatic carbocycles. The van der Waals surface area contributed by atoms with Gasteiger partial charge in [-0.15, -0.1) is 0 Å². The molecule has 0 bridgehead atoms. The van der Waals surface area contributed by atoms with Crippen molar-refractivity contribution in [2.45, 2.75) is 19.3 Å². The summed E-state index contributed by atoms with van der Waals surface area (Å²) in [4.78, 5) is 4.89. The molecule has 0 unspecified atom stereocenters. The molecule has 0 amide bonds. The predicted molar refractivity (Wildman–Crippen MR) is 83.0 cm³/mol. The van der Waals surface area contributed by atoms with E-state index >= 15 is 0 Å². The second-order valence-electron chi connectivity index (χ2n) is 5.19. The highest BCUT2D eigenvalue weighted by molar-refractivity contribution is 6.04. The molecule has 0 saturated heterocycles. The normalized spacial score (nSPS) is 15.8. The summed E-state index contributed by atoms with van der Waals surface area (Å²) in [7, 11) is 1.68. The highest BCUT2D eigenvalue weighted by atomic mass is 16.5. The van der Waals surface area contributed by atoms with Crippen LogP contribution in [-0.2, 0) is 0 Å². The fourth-order valence-electron chi connectivity index (χ4n) is 2.48. The van der Waals surface area contributed by atoms with Crippen molar-refractivity contribution < 1.29 is 4.74 Å². The molecule has 0 radical (unpaired) electrons. The quantitative estimate of drug-likeness (QED) is 0.739. The van der Waals surface area contributed by atoms with E-state index in [1.165, 1.54) is 30.5 Å². The van der Waals surface area contributed by atoms with Gasteiger partial charge in [-0.25, -0.2) is 0 Å². The molecule has 1 aliphatic carbocycles. The molecular formula is C18H19NO. The maximum atomic E-state index is 5.19. The van der Waals surface area contributed by atoms with Crippen molar-refractivity contribution in [1.82, 2.24) is 0 Å². The zero-order valence-corrected chi connectivity index (χ0v) is 11.8. The molecule has 2 nitrogen and oxygen atoms in total. The van der Waals surface area contributed by atoms with Crippen molar-refractivity contribution in [3.63, 3.8) is 0 Å². The van der Waals surface area contributed by atoms with E-state index in [1.807, 2.05) is 24.3 Å². The fraction of sp³-hybridized carbons (Fsp3) is 0.278. The van der Waals surface area contributed by atoms with Gasteiger partial charge < -0.3 is 4.74 Å². The summed E-state index contributed by atoms with van der Waals surface area (Å²) in [6, 6.07) is 18.5. The number of nitrogens with zero attached hydrogens (tertiary/aromatic N) is 1. The molecule has 102 valence electrons. The summed E-state index contributed by atoms with van der Waals surface area (Å²) in [5.74, 6) is 1.48. The third-order valence-electron chi connectivity index (χ3n) is 3.88. The lowest BCUT2D eigenvalue weighted by Crippen LogP contribution is -2.22. The SMILES string of the molecule is COc1ccc(N=C(c2ccccc2)C2CCC2)cc1. The molecule has 20 heavy (non-hydrogen) atoms. The summed E-state index contributed by atoms with van der Waals surface area (Å²) in [6.45, 7) is 0. The zero-order valence-electron chi connectivity index (χ0n) is 11.8. The minimum absolute atomic E-state index is 0.611. The highest BCUT2D eigenvalue weighted by Crippen LogP contribution is 2.32. The molecule has 1 fully saturated rings. The molecular weight excluding hydrogens is 246 g/mol. The number of methoxy groups -OCH3 is 1. The summed E-state index contributed by atoms with van der Waals surface area (Å²) in [5.41, 5.74) is 3.46. The third kappa shape index (κ3) is 2.74. The van der Waals surface area contributed by atoms with Crippen molar-refractivity contribution in [1.29, 1.82) is 0 Å². The average Bonchev–Trinajstić information content (AvgIpc) is 2.46. The Bertz CT molecular complexity index is 583. The van der Waals surface area contributed by atoms with Crippen LogP contribution in [0.2, 0.25) is 0 Å². The van der Waals surface area contributed by atoms with Crippen LogP contribution in [0.1, 0.15) is 24.8 Å². The van der Waals surface area contributed by atoms with Crippen LogP contribution in [0, 0.1) is 5.92 Å². The van der Waals surface area contributed by atoms with Gasteiger partial charge in [0.15, 0.2) is 0 Å². The van der Waals surface area contributed by atoms with Gasteiger partial charge in [0, 0.05) is 5.92 Å². The van der Waals surface area contributed by atoms with Gasteiger partial charge in [0.25, 0.3) is 0 Å². The summed E-state index contributed by atoms with van der Waals surface area (Å²) in [5, 5.41) is 0. The first-order chi connectivity index (χ1) is 9.86. The maximum Gasteiger partial charge on any atom is 0.119 e. The lowest BCUT2D eigenvalue weighted by atomic mass is 9.79. The first-order valence-electron chi connectivity index (χ1n) is 7.15. The van der Waals surface area contributed by atoms with Gasteiger partial charge in [-0.3, -0.25) is 4.99 Å². The van der Waals surface area contributed by atoms with E-state index in [4.69, 9.17) is 9.73 Å². The van der Waals surface area contributed by atoms with Gasteiger partial charge in [0.05, 0.1) is 18.5 Å². The van der Waals surface area contributed by atoms with Crippen LogP contribution >= 0.6 is 0 Å². The van der Waals surface area contributed by atoms with Crippen molar-refractivity contribution in [2.75, 3.05) is 7.11 Å². The molecule has 0 aliphatic heterocycles. The van der Waals surface area contributed by atoms with Crippen LogP contribution in [0.3, 0.4) is 0 Å². The Kier molecular flexibility index (Phi) is 3.82. The van der Waals surface area contributed by atoms with E-state index in [-0.39, 0.29) is 0 Å². The van der Waals surface area contributed by atoms with Crippen molar-refractivity contribution in [3.05, 3.63) is 60.2 Å². The van der Waals surface area contributed by atoms with E-state index in [0.717, 1.165) is 11.4 Å². The predicted octanol–water partition coefficient (Wildman–Crippen LogP) is 4.62. The number of rotatable bonds is 4. The number of ether oxygens (including phenoxy) is 1. The number of aliphatic imine (C=N–C) groups is 1. The number of benzene rings is 2. The molecule has 0 atom stereocenters. The average molecular weight is 265 g/mol. The van der Waals surface area contributed by atoms with Crippen LogP contribution in [0.5, 0.6) is 5.75 Å². The fourth-order valence-corrected chi connectivity index (χ4v) is 2.48. The Hall–Kier alpha value is -2.09. The Morgan fingerprint density at radius 2 is 1.70 bits per heavy atom. The summed E-state index contributed by atoms with van der Waals surface area (Å²) < 4.78 is 5.19. The van der Waals surface area contributed by atoms with Crippen LogP contribution in [0.15, 0.2) is 59.6 Å². The molecule has 3 rings (SSSR count). The van der Waals surface area contributed by atoms with E-state index in [9.17, 15) is 0 Å². The van der Waals surface area contributed by atoms with Gasteiger partial charge in [-0.05, 0) is 42.7 Å². The van der Waals surface area contributed by atoms with Gasteiger partial charge in [-0.1, -0.05) is 36.8 Å². The Morgan fingerprint density at radius 1 is 1.00 bits per heavy atom. The monoisotopic (exact) mass is 265 g/mol. The summed E-state index contributed by atoms with van der Waals surface area (Å²) >= 11 is 0. The van der Waals surface area contributed by atoms with Gasteiger partial charge >= 0.3 is 0 Å². The van der Waals surface area contributed by atoms with E-state index in [1.54, 1.807) is 7.11 Å². The Morgan fingerprint density at radius 3 is 2.25 bits per heavy atom. The van der Waals surface area contributed by atoms with Crippen molar-refractivity contribution in [3.8, 4) is 5.75 Å². The Balaban J connectivity index is 1.93. The van der Waals surface area contributed by atoms with Gasteiger partial charge in [0.2, 0.25) is 0 Å². The van der Waals surface area contributed by atoms with Crippen LogP contribution in [-0.4, -0.2) is 12.8 Å². The molecule has 0 spiro atoms.